The molecule has 0 saturated heterocycles. The summed E-state index contributed by atoms with van der Waals surface area (Å²) in [5, 5.41) is 0. The Balaban J connectivity index is 2.13. The lowest BCUT2D eigenvalue weighted by Gasteiger charge is -2.12. The quantitative estimate of drug-likeness (QED) is 0.614. The topological polar surface area (TPSA) is 35.2 Å². The molecule has 0 aliphatic rings. The summed E-state index contributed by atoms with van der Waals surface area (Å²) < 4.78 is 8.89. The minimum absolute atomic E-state index is 0.509. The molecule has 100 valence electrons. The van der Waals surface area contributed by atoms with Gasteiger partial charge in [0.1, 0.15) is 12.4 Å². The molecule has 5 heteroatoms. The van der Waals surface area contributed by atoms with Gasteiger partial charge in [-0.25, -0.2) is 0 Å². The number of halogens is 3. The predicted molar refractivity (Wildman–Crippen MR) is 93.2 cm³/mol. The highest BCUT2D eigenvalue weighted by Gasteiger charge is 2.08. The third-order valence-corrected chi connectivity index (χ3v) is 4.49. The third kappa shape index (κ3) is 4.18. The average molecular weight is 497 g/mol. The van der Waals surface area contributed by atoms with Gasteiger partial charge in [0.15, 0.2) is 0 Å². The fraction of sp³-hybridized carbons (Fsp3) is 0.143. The summed E-state index contributed by atoms with van der Waals surface area (Å²) in [6.07, 6.45) is 0. The Morgan fingerprint density at radius 1 is 1.00 bits per heavy atom. The first-order chi connectivity index (χ1) is 9.10. The van der Waals surface area contributed by atoms with E-state index in [1.807, 2.05) is 12.1 Å². The fourth-order valence-corrected chi connectivity index (χ4v) is 3.47. The van der Waals surface area contributed by atoms with Crippen LogP contribution in [0.1, 0.15) is 11.1 Å². The summed E-state index contributed by atoms with van der Waals surface area (Å²) in [5.74, 6) is 0.802. The molecule has 2 N–H and O–H groups in total. The number of nitrogens with two attached hydrogens (primary N) is 1. The molecule has 0 aliphatic heterocycles. The first-order valence-electron chi connectivity index (χ1n) is 5.65. The van der Waals surface area contributed by atoms with E-state index >= 15 is 0 Å². The van der Waals surface area contributed by atoms with E-state index in [9.17, 15) is 0 Å². The zero-order chi connectivity index (χ0) is 13.8. The van der Waals surface area contributed by atoms with Gasteiger partial charge in [0, 0.05) is 10.1 Å². The summed E-state index contributed by atoms with van der Waals surface area (Å²) in [5.41, 5.74) is 7.83. The average Bonchev–Trinajstić information content (AvgIpc) is 2.39. The van der Waals surface area contributed by atoms with Crippen molar-refractivity contribution in [2.24, 2.45) is 5.73 Å². The van der Waals surface area contributed by atoms with Crippen molar-refractivity contribution >= 4 is 54.5 Å². The fourth-order valence-electron chi connectivity index (χ4n) is 1.60. The summed E-state index contributed by atoms with van der Waals surface area (Å²) in [4.78, 5) is 0. The minimum atomic E-state index is 0.509. The maximum atomic E-state index is 5.86. The molecule has 0 aliphatic carbocycles. The van der Waals surface area contributed by atoms with Crippen LogP contribution in [0, 0.1) is 3.57 Å². The first-order valence-corrected chi connectivity index (χ1v) is 8.32. The van der Waals surface area contributed by atoms with Crippen LogP contribution in [0.25, 0.3) is 0 Å². The van der Waals surface area contributed by atoms with Crippen LogP contribution in [0.5, 0.6) is 5.75 Å². The molecular formula is C14H12Br2INO. The van der Waals surface area contributed by atoms with Crippen molar-refractivity contribution in [2.75, 3.05) is 0 Å². The molecule has 0 fully saturated rings. The predicted octanol–water partition coefficient (Wildman–Crippen LogP) is 4.85. The maximum absolute atomic E-state index is 5.86. The summed E-state index contributed by atoms with van der Waals surface area (Å²) >= 11 is 9.31. The number of ether oxygens (including phenoxy) is 1. The van der Waals surface area contributed by atoms with E-state index in [1.54, 1.807) is 0 Å². The molecule has 0 radical (unpaired) electrons. The number of rotatable bonds is 4. The van der Waals surface area contributed by atoms with Crippen molar-refractivity contribution in [2.45, 2.75) is 13.2 Å². The van der Waals surface area contributed by atoms with Crippen LogP contribution in [0.3, 0.4) is 0 Å². The molecule has 2 aromatic carbocycles. The van der Waals surface area contributed by atoms with Crippen LogP contribution < -0.4 is 10.5 Å². The zero-order valence-corrected chi connectivity index (χ0v) is 15.3. The van der Waals surface area contributed by atoms with Gasteiger partial charge in [0.25, 0.3) is 0 Å². The zero-order valence-electron chi connectivity index (χ0n) is 10.00. The molecule has 0 heterocycles. The Hall–Kier alpha value is -0.110. The second-order valence-corrected chi connectivity index (χ2v) is 6.96. The van der Waals surface area contributed by atoms with Gasteiger partial charge < -0.3 is 10.5 Å². The van der Waals surface area contributed by atoms with E-state index in [4.69, 9.17) is 10.5 Å². The van der Waals surface area contributed by atoms with Gasteiger partial charge in [-0.3, -0.25) is 0 Å². The van der Waals surface area contributed by atoms with E-state index < -0.39 is 0 Å². The van der Waals surface area contributed by atoms with Crippen molar-refractivity contribution in [3.8, 4) is 5.75 Å². The van der Waals surface area contributed by atoms with Crippen LogP contribution in [0.2, 0.25) is 0 Å². The largest absolute Gasteiger partial charge is 0.487 e. The van der Waals surface area contributed by atoms with Crippen molar-refractivity contribution in [3.63, 3.8) is 0 Å². The molecule has 0 spiro atoms. The van der Waals surface area contributed by atoms with Gasteiger partial charge in [0.05, 0.1) is 8.95 Å². The smallest absolute Gasteiger partial charge is 0.148 e. The van der Waals surface area contributed by atoms with Crippen molar-refractivity contribution in [1.82, 2.24) is 0 Å². The Morgan fingerprint density at radius 3 is 2.11 bits per heavy atom. The normalized spacial score (nSPS) is 10.5. The molecule has 0 aromatic heterocycles. The molecule has 0 atom stereocenters. The van der Waals surface area contributed by atoms with E-state index in [2.05, 4.69) is 78.7 Å². The van der Waals surface area contributed by atoms with E-state index in [-0.39, 0.29) is 0 Å². The highest BCUT2D eigenvalue weighted by Crippen LogP contribution is 2.35. The standard InChI is InChI=1S/C14H12Br2INO/c15-12-5-10(7-18)6-13(16)14(12)19-8-9-1-3-11(17)4-2-9/h1-6H,7-8,18H2. The second-order valence-electron chi connectivity index (χ2n) is 4.01. The van der Waals surface area contributed by atoms with Crippen LogP contribution in [0.4, 0.5) is 0 Å². The molecule has 2 rings (SSSR count). The van der Waals surface area contributed by atoms with E-state index in [0.717, 1.165) is 25.8 Å². The molecule has 0 saturated carbocycles. The van der Waals surface area contributed by atoms with Gasteiger partial charge in [-0.05, 0) is 89.8 Å². The third-order valence-electron chi connectivity index (χ3n) is 2.59. The van der Waals surface area contributed by atoms with Gasteiger partial charge >= 0.3 is 0 Å². The van der Waals surface area contributed by atoms with Gasteiger partial charge in [-0.15, -0.1) is 0 Å². The Bertz CT molecular complexity index is 549. The molecule has 0 amide bonds. The lowest BCUT2D eigenvalue weighted by molar-refractivity contribution is 0.302. The first kappa shape index (κ1) is 15.3. The summed E-state index contributed by atoms with van der Waals surface area (Å²) in [7, 11) is 0. The van der Waals surface area contributed by atoms with Gasteiger partial charge in [-0.1, -0.05) is 12.1 Å². The lowest BCUT2D eigenvalue weighted by atomic mass is 10.2. The van der Waals surface area contributed by atoms with Crippen LogP contribution in [-0.2, 0) is 13.2 Å². The van der Waals surface area contributed by atoms with Crippen LogP contribution >= 0.6 is 54.5 Å². The summed E-state index contributed by atoms with van der Waals surface area (Å²) in [6.45, 7) is 1.05. The number of hydrogen-bond donors (Lipinski definition) is 1. The van der Waals surface area contributed by atoms with Crippen LogP contribution in [0.15, 0.2) is 45.3 Å². The van der Waals surface area contributed by atoms with E-state index in [1.165, 1.54) is 3.57 Å². The molecule has 2 nitrogen and oxygen atoms in total. The molecular weight excluding hydrogens is 485 g/mol. The molecule has 19 heavy (non-hydrogen) atoms. The highest BCUT2D eigenvalue weighted by atomic mass is 127. The van der Waals surface area contributed by atoms with Crippen molar-refractivity contribution in [3.05, 3.63) is 60.0 Å². The molecule has 2 aromatic rings. The SMILES string of the molecule is NCc1cc(Br)c(OCc2ccc(I)cc2)c(Br)c1. The van der Waals surface area contributed by atoms with Crippen molar-refractivity contribution < 1.29 is 4.74 Å². The summed E-state index contributed by atoms with van der Waals surface area (Å²) in [6, 6.07) is 12.2. The molecule has 0 unspecified atom stereocenters. The number of hydrogen-bond acceptors (Lipinski definition) is 2. The lowest BCUT2D eigenvalue weighted by Crippen LogP contribution is -2.00. The van der Waals surface area contributed by atoms with Gasteiger partial charge in [-0.2, -0.15) is 0 Å². The second kappa shape index (κ2) is 7.06. The molecule has 0 bridgehead atoms. The Kier molecular flexibility index (Phi) is 5.68. The minimum Gasteiger partial charge on any atom is -0.487 e. The Labute approximate surface area is 143 Å². The van der Waals surface area contributed by atoms with Gasteiger partial charge in [0.2, 0.25) is 0 Å². The maximum Gasteiger partial charge on any atom is 0.148 e. The van der Waals surface area contributed by atoms with Crippen LogP contribution in [-0.4, -0.2) is 0 Å². The van der Waals surface area contributed by atoms with Crippen molar-refractivity contribution in [1.29, 1.82) is 0 Å². The highest BCUT2D eigenvalue weighted by molar-refractivity contribution is 14.1. The number of benzene rings is 2. The Morgan fingerprint density at radius 2 is 1.58 bits per heavy atom. The monoisotopic (exact) mass is 495 g/mol. The van der Waals surface area contributed by atoms with E-state index in [0.29, 0.717) is 13.2 Å².